The summed E-state index contributed by atoms with van der Waals surface area (Å²) in [4.78, 5) is 38.4. The molecule has 1 aliphatic heterocycles. The minimum atomic E-state index is -0.828. The zero-order valence-electron chi connectivity index (χ0n) is 18.0. The van der Waals surface area contributed by atoms with E-state index in [2.05, 4.69) is 4.74 Å². The number of aryl methyl sites for hydroxylation is 1. The van der Waals surface area contributed by atoms with Gasteiger partial charge in [-0.25, -0.2) is 9.59 Å². The van der Waals surface area contributed by atoms with Gasteiger partial charge in [0.05, 0.1) is 26.9 Å². The van der Waals surface area contributed by atoms with Gasteiger partial charge in [-0.1, -0.05) is 0 Å². The lowest BCUT2D eigenvalue weighted by Gasteiger charge is -2.35. The molecule has 0 N–H and O–H groups in total. The Hall–Kier alpha value is -2.55. The summed E-state index contributed by atoms with van der Waals surface area (Å²) in [6.45, 7) is 9.29. The van der Waals surface area contributed by atoms with E-state index in [1.165, 1.54) is 20.3 Å². The van der Waals surface area contributed by atoms with Gasteiger partial charge in [-0.2, -0.15) is 0 Å². The molecule has 1 fully saturated rings. The lowest BCUT2D eigenvalue weighted by molar-refractivity contribution is -0.0627. The number of rotatable bonds is 5. The zero-order chi connectivity index (χ0) is 22.0. The molecule has 0 saturated carbocycles. The van der Waals surface area contributed by atoms with Crippen LogP contribution in [-0.4, -0.2) is 55.2 Å². The summed E-state index contributed by atoms with van der Waals surface area (Å²) in [6.07, 6.45) is 0.266. The molecule has 2 rings (SSSR count). The Labute approximate surface area is 169 Å². The Morgan fingerprint density at radius 1 is 1.28 bits per heavy atom. The summed E-state index contributed by atoms with van der Waals surface area (Å²) in [7, 11) is 2.46. The van der Waals surface area contributed by atoms with Crippen molar-refractivity contribution in [1.82, 2.24) is 4.90 Å². The van der Waals surface area contributed by atoms with Crippen LogP contribution in [0.2, 0.25) is 0 Å². The second-order valence-corrected chi connectivity index (χ2v) is 8.23. The molecule has 29 heavy (non-hydrogen) atoms. The van der Waals surface area contributed by atoms with Gasteiger partial charge in [-0.05, 0) is 41.0 Å². The van der Waals surface area contributed by atoms with Crippen molar-refractivity contribution in [3.05, 3.63) is 27.8 Å². The first-order valence-electron chi connectivity index (χ1n) is 9.35. The Morgan fingerprint density at radius 2 is 1.93 bits per heavy atom. The van der Waals surface area contributed by atoms with Crippen molar-refractivity contribution in [3.8, 4) is 5.75 Å². The van der Waals surface area contributed by atoms with Gasteiger partial charge < -0.3 is 23.4 Å². The number of ether oxygens (including phenoxy) is 4. The van der Waals surface area contributed by atoms with E-state index in [0.29, 0.717) is 19.4 Å². The number of methoxy groups -OCH3 is 2. The quantitative estimate of drug-likeness (QED) is 0.681. The fraction of sp³-hybridized carbons (Fsp3) is 0.650. The molecule has 9 heteroatoms. The maximum atomic E-state index is 12.7. The third-order valence-corrected chi connectivity index (χ3v) is 4.42. The van der Waals surface area contributed by atoms with Gasteiger partial charge in [-0.15, -0.1) is 0 Å². The Morgan fingerprint density at radius 3 is 2.48 bits per heavy atom. The second kappa shape index (κ2) is 8.44. The van der Waals surface area contributed by atoms with Gasteiger partial charge in [0, 0.05) is 12.5 Å². The molecule has 0 unspecified atom stereocenters. The first kappa shape index (κ1) is 22.7. The number of esters is 1. The molecule has 1 saturated heterocycles. The van der Waals surface area contributed by atoms with E-state index in [-0.39, 0.29) is 23.3 Å². The van der Waals surface area contributed by atoms with Crippen molar-refractivity contribution in [3.63, 3.8) is 0 Å². The number of carbonyl (C=O) groups is 2. The van der Waals surface area contributed by atoms with Crippen molar-refractivity contribution in [2.45, 2.75) is 64.8 Å². The highest BCUT2D eigenvalue weighted by molar-refractivity contribution is 5.89. The van der Waals surface area contributed by atoms with Crippen LogP contribution in [0.4, 0.5) is 4.79 Å². The predicted molar refractivity (Wildman–Crippen MR) is 103 cm³/mol. The molecule has 2 heterocycles. The van der Waals surface area contributed by atoms with Gasteiger partial charge in [-0.3, -0.25) is 9.69 Å². The van der Waals surface area contributed by atoms with Crippen LogP contribution in [0, 0.1) is 0 Å². The third-order valence-electron chi connectivity index (χ3n) is 4.42. The Bertz CT molecular complexity index is 821. The SMILES string of the molecule is COC(=O)c1oc(CC[C@H]2COC(C)(C)N2C(=O)OC(C)(C)C)cc(=O)c1OC. The van der Waals surface area contributed by atoms with E-state index in [9.17, 15) is 14.4 Å². The highest BCUT2D eigenvalue weighted by atomic mass is 16.6. The van der Waals surface area contributed by atoms with Gasteiger partial charge in [0.25, 0.3) is 5.76 Å². The van der Waals surface area contributed by atoms with Crippen molar-refractivity contribution in [2.75, 3.05) is 20.8 Å². The van der Waals surface area contributed by atoms with Crippen LogP contribution < -0.4 is 10.2 Å². The zero-order valence-corrected chi connectivity index (χ0v) is 18.0. The summed E-state index contributed by atoms with van der Waals surface area (Å²) < 4.78 is 26.4. The summed E-state index contributed by atoms with van der Waals surface area (Å²) in [6, 6.07) is 0.984. The molecule has 1 amide bonds. The summed E-state index contributed by atoms with van der Waals surface area (Å²) in [5.74, 6) is -1.02. The molecule has 1 aromatic rings. The summed E-state index contributed by atoms with van der Waals surface area (Å²) in [5.41, 5.74) is -1.95. The molecule has 0 bridgehead atoms. The van der Waals surface area contributed by atoms with E-state index in [0.717, 1.165) is 0 Å². The number of hydrogen-bond acceptors (Lipinski definition) is 8. The molecule has 0 radical (unpaired) electrons. The van der Waals surface area contributed by atoms with Crippen LogP contribution in [0.15, 0.2) is 15.3 Å². The topological polar surface area (TPSA) is 105 Å². The number of hydrogen-bond donors (Lipinski definition) is 0. The van der Waals surface area contributed by atoms with Crippen molar-refractivity contribution < 1.29 is 33.0 Å². The molecule has 9 nitrogen and oxygen atoms in total. The van der Waals surface area contributed by atoms with Crippen LogP contribution in [0.5, 0.6) is 5.75 Å². The maximum absolute atomic E-state index is 12.7. The minimum Gasteiger partial charge on any atom is -0.489 e. The second-order valence-electron chi connectivity index (χ2n) is 8.23. The number of nitrogens with zero attached hydrogens (tertiary/aromatic N) is 1. The van der Waals surface area contributed by atoms with E-state index in [1.54, 1.807) is 39.5 Å². The normalized spacial score (nSPS) is 18.4. The van der Waals surface area contributed by atoms with Crippen LogP contribution in [-0.2, 0) is 20.6 Å². The molecular weight excluding hydrogens is 382 g/mol. The van der Waals surface area contributed by atoms with Crippen molar-refractivity contribution in [1.29, 1.82) is 0 Å². The van der Waals surface area contributed by atoms with Crippen LogP contribution in [0.3, 0.4) is 0 Å². The predicted octanol–water partition coefficient (Wildman–Crippen LogP) is 2.74. The number of amides is 1. The van der Waals surface area contributed by atoms with Crippen LogP contribution in [0.1, 0.15) is 57.4 Å². The summed E-state index contributed by atoms with van der Waals surface area (Å²) >= 11 is 0. The van der Waals surface area contributed by atoms with Gasteiger partial charge in [0.1, 0.15) is 17.1 Å². The highest BCUT2D eigenvalue weighted by Crippen LogP contribution is 2.31. The average molecular weight is 411 g/mol. The molecule has 1 aliphatic rings. The monoisotopic (exact) mass is 411 g/mol. The third kappa shape index (κ3) is 5.29. The molecule has 0 aromatic carbocycles. The first-order valence-corrected chi connectivity index (χ1v) is 9.35. The van der Waals surface area contributed by atoms with Gasteiger partial charge in [0.2, 0.25) is 11.2 Å². The van der Waals surface area contributed by atoms with Crippen molar-refractivity contribution >= 4 is 12.1 Å². The van der Waals surface area contributed by atoms with E-state index in [4.69, 9.17) is 18.6 Å². The van der Waals surface area contributed by atoms with E-state index >= 15 is 0 Å². The summed E-state index contributed by atoms with van der Waals surface area (Å²) in [5, 5.41) is 0. The Balaban J connectivity index is 2.21. The highest BCUT2D eigenvalue weighted by Gasteiger charge is 2.45. The fourth-order valence-corrected chi connectivity index (χ4v) is 3.16. The lowest BCUT2D eigenvalue weighted by atomic mass is 10.1. The molecule has 1 atom stereocenters. The van der Waals surface area contributed by atoms with Gasteiger partial charge >= 0.3 is 12.1 Å². The fourth-order valence-electron chi connectivity index (χ4n) is 3.16. The first-order chi connectivity index (χ1) is 13.4. The minimum absolute atomic E-state index is 0.207. The Kier molecular flexibility index (Phi) is 6.62. The van der Waals surface area contributed by atoms with Crippen molar-refractivity contribution in [2.24, 2.45) is 0 Å². The molecule has 1 aromatic heterocycles. The van der Waals surface area contributed by atoms with E-state index in [1.807, 2.05) is 0 Å². The maximum Gasteiger partial charge on any atom is 0.412 e. The molecular formula is C20H29NO8. The smallest absolute Gasteiger partial charge is 0.412 e. The van der Waals surface area contributed by atoms with Crippen LogP contribution >= 0.6 is 0 Å². The lowest BCUT2D eigenvalue weighted by Crippen LogP contribution is -2.49. The molecule has 0 aliphatic carbocycles. The standard InChI is InChI=1S/C20H29NO8/c1-19(2,3)29-18(24)21-12(11-27-20(21,4)5)8-9-13-10-14(22)15(25-6)16(28-13)17(23)26-7/h10,12H,8-9,11H2,1-7H3/t12-/m0/s1. The van der Waals surface area contributed by atoms with Crippen LogP contribution in [0.25, 0.3) is 0 Å². The molecule has 162 valence electrons. The van der Waals surface area contributed by atoms with E-state index < -0.39 is 28.8 Å². The largest absolute Gasteiger partial charge is 0.489 e. The average Bonchev–Trinajstić information content (AvgIpc) is 2.91. The number of carbonyl (C=O) groups excluding carboxylic acids is 2. The van der Waals surface area contributed by atoms with Gasteiger partial charge in [0.15, 0.2) is 0 Å². The molecule has 0 spiro atoms.